The molecule has 122 valence electrons. The van der Waals surface area contributed by atoms with Gasteiger partial charge in [-0.3, -0.25) is 4.79 Å². The summed E-state index contributed by atoms with van der Waals surface area (Å²) >= 11 is 0. The van der Waals surface area contributed by atoms with E-state index in [4.69, 9.17) is 16.4 Å². The first-order valence-electron chi connectivity index (χ1n) is 6.87. The molecular formula is C15H14N6O3. The van der Waals surface area contributed by atoms with Crippen LogP contribution in [0.2, 0.25) is 0 Å². The van der Waals surface area contributed by atoms with E-state index in [0.717, 1.165) is 0 Å². The van der Waals surface area contributed by atoms with E-state index in [1.165, 1.54) is 12.1 Å². The molecule has 2 rings (SSSR count). The summed E-state index contributed by atoms with van der Waals surface area (Å²) in [4.78, 5) is 13.5. The number of phenols is 1. The van der Waals surface area contributed by atoms with Gasteiger partial charge in [-0.15, -0.1) is 5.11 Å². The molecular weight excluding hydrogens is 312 g/mol. The van der Waals surface area contributed by atoms with E-state index >= 15 is 0 Å². The fourth-order valence-corrected chi connectivity index (χ4v) is 1.87. The van der Waals surface area contributed by atoms with Crippen molar-refractivity contribution in [2.75, 3.05) is 0 Å². The van der Waals surface area contributed by atoms with Crippen LogP contribution in [0, 0.1) is 0 Å². The van der Waals surface area contributed by atoms with E-state index < -0.39 is 12.0 Å². The minimum Gasteiger partial charge on any atom is -0.506 e. The predicted octanol–water partition coefficient (Wildman–Crippen LogP) is 3.70. The van der Waals surface area contributed by atoms with Gasteiger partial charge in [-0.25, -0.2) is 0 Å². The van der Waals surface area contributed by atoms with Crippen molar-refractivity contribution in [2.24, 2.45) is 21.1 Å². The number of carboxylic acids is 1. The lowest BCUT2D eigenvalue weighted by Crippen LogP contribution is -2.32. The fourth-order valence-electron chi connectivity index (χ4n) is 1.87. The number of hydrogen-bond acceptors (Lipinski definition) is 6. The second-order valence-corrected chi connectivity index (χ2v) is 4.88. The van der Waals surface area contributed by atoms with Gasteiger partial charge in [0, 0.05) is 10.6 Å². The van der Waals surface area contributed by atoms with E-state index in [0.29, 0.717) is 16.9 Å². The Kier molecular flexibility index (Phi) is 5.45. The number of carboxylic acid groups (broad SMARTS) is 1. The Hall–Kier alpha value is -3.42. The first-order chi connectivity index (χ1) is 11.5. The standard InChI is InChI=1S/C15H14N6O3/c16-12(15(23)24)7-9-1-6-14(22)13(8-9)20-18-10-2-4-11(5-3-10)19-21-17/h1-6,8,12,22H,7,16H2,(H,23,24)/t12-/m0/s1. The number of rotatable bonds is 6. The van der Waals surface area contributed by atoms with Crippen LogP contribution in [0.5, 0.6) is 5.75 Å². The van der Waals surface area contributed by atoms with Gasteiger partial charge in [-0.1, -0.05) is 23.3 Å². The second-order valence-electron chi connectivity index (χ2n) is 4.88. The second kappa shape index (κ2) is 7.73. The molecule has 0 aromatic heterocycles. The van der Waals surface area contributed by atoms with E-state index in [-0.39, 0.29) is 17.9 Å². The smallest absolute Gasteiger partial charge is 0.320 e. The zero-order chi connectivity index (χ0) is 17.5. The molecule has 0 saturated carbocycles. The number of hydrogen-bond donors (Lipinski definition) is 3. The lowest BCUT2D eigenvalue weighted by Gasteiger charge is -2.07. The van der Waals surface area contributed by atoms with Crippen LogP contribution < -0.4 is 5.73 Å². The Morgan fingerprint density at radius 3 is 2.46 bits per heavy atom. The largest absolute Gasteiger partial charge is 0.506 e. The van der Waals surface area contributed by atoms with Crippen LogP contribution in [0.1, 0.15) is 5.56 Å². The quantitative estimate of drug-likeness (QED) is 0.420. The number of benzene rings is 2. The van der Waals surface area contributed by atoms with E-state index in [9.17, 15) is 9.90 Å². The highest BCUT2D eigenvalue weighted by Crippen LogP contribution is 2.30. The van der Waals surface area contributed by atoms with Crippen molar-refractivity contribution in [1.29, 1.82) is 0 Å². The zero-order valence-electron chi connectivity index (χ0n) is 12.4. The van der Waals surface area contributed by atoms with Crippen molar-refractivity contribution in [3.8, 4) is 5.75 Å². The third-order valence-corrected chi connectivity index (χ3v) is 3.10. The van der Waals surface area contributed by atoms with Crippen LogP contribution in [0.25, 0.3) is 10.4 Å². The van der Waals surface area contributed by atoms with Crippen molar-refractivity contribution >= 4 is 23.0 Å². The molecule has 0 fully saturated rings. The number of carbonyl (C=O) groups is 1. The SMILES string of the molecule is [N-]=[N+]=Nc1ccc(N=Nc2cc(C[C@H](N)C(=O)O)ccc2O)cc1. The summed E-state index contributed by atoms with van der Waals surface area (Å²) in [5, 5.41) is 30.0. The Morgan fingerprint density at radius 1 is 1.17 bits per heavy atom. The molecule has 4 N–H and O–H groups in total. The lowest BCUT2D eigenvalue weighted by atomic mass is 10.1. The highest BCUT2D eigenvalue weighted by atomic mass is 16.4. The topological polar surface area (TPSA) is 157 Å². The zero-order valence-corrected chi connectivity index (χ0v) is 12.4. The van der Waals surface area contributed by atoms with Gasteiger partial charge in [0.25, 0.3) is 0 Å². The number of nitrogens with zero attached hydrogens (tertiary/aromatic N) is 5. The molecule has 0 aliphatic heterocycles. The fraction of sp³-hybridized carbons (Fsp3) is 0.133. The molecule has 2 aromatic rings. The first kappa shape index (κ1) is 16.9. The van der Waals surface area contributed by atoms with Crippen molar-refractivity contribution in [3.05, 3.63) is 58.5 Å². The summed E-state index contributed by atoms with van der Waals surface area (Å²) in [5.41, 5.74) is 15.6. The van der Waals surface area contributed by atoms with E-state index in [2.05, 4.69) is 20.3 Å². The van der Waals surface area contributed by atoms with Crippen LogP contribution in [0.3, 0.4) is 0 Å². The summed E-state index contributed by atoms with van der Waals surface area (Å²) in [7, 11) is 0. The molecule has 0 bridgehead atoms. The maximum Gasteiger partial charge on any atom is 0.320 e. The van der Waals surface area contributed by atoms with E-state index in [1.54, 1.807) is 30.3 Å². The van der Waals surface area contributed by atoms with Gasteiger partial charge in [0.15, 0.2) is 0 Å². The third-order valence-electron chi connectivity index (χ3n) is 3.10. The summed E-state index contributed by atoms with van der Waals surface area (Å²) in [6, 6.07) is 9.84. The molecule has 9 nitrogen and oxygen atoms in total. The lowest BCUT2D eigenvalue weighted by molar-refractivity contribution is -0.138. The Balaban J connectivity index is 2.18. The van der Waals surface area contributed by atoms with Gasteiger partial charge in [-0.05, 0) is 41.8 Å². The van der Waals surface area contributed by atoms with Gasteiger partial charge in [0.05, 0.1) is 5.69 Å². The van der Waals surface area contributed by atoms with Gasteiger partial charge >= 0.3 is 5.97 Å². The molecule has 0 spiro atoms. The van der Waals surface area contributed by atoms with Crippen LogP contribution >= 0.6 is 0 Å². The summed E-state index contributed by atoms with van der Waals surface area (Å²) in [6.45, 7) is 0. The van der Waals surface area contributed by atoms with Crippen LogP contribution in [-0.2, 0) is 11.2 Å². The average Bonchev–Trinajstić information content (AvgIpc) is 2.56. The Morgan fingerprint density at radius 2 is 1.83 bits per heavy atom. The third kappa shape index (κ3) is 4.54. The number of nitrogens with two attached hydrogens (primary N) is 1. The van der Waals surface area contributed by atoms with Crippen molar-refractivity contribution < 1.29 is 15.0 Å². The van der Waals surface area contributed by atoms with Crippen molar-refractivity contribution in [1.82, 2.24) is 0 Å². The molecule has 0 aliphatic carbocycles. The number of aliphatic carboxylic acids is 1. The Bertz CT molecular complexity index is 812. The maximum absolute atomic E-state index is 10.8. The summed E-state index contributed by atoms with van der Waals surface area (Å²) in [6.07, 6.45) is 0.110. The van der Waals surface area contributed by atoms with Crippen LogP contribution in [-0.4, -0.2) is 22.2 Å². The number of aromatic hydroxyl groups is 1. The Labute approximate surface area is 136 Å². The molecule has 0 aliphatic rings. The minimum atomic E-state index is -1.11. The average molecular weight is 326 g/mol. The molecule has 0 amide bonds. The molecule has 0 unspecified atom stereocenters. The molecule has 2 aromatic carbocycles. The molecule has 1 atom stereocenters. The van der Waals surface area contributed by atoms with Crippen LogP contribution in [0.15, 0.2) is 57.8 Å². The van der Waals surface area contributed by atoms with E-state index in [1.807, 2.05) is 0 Å². The molecule has 24 heavy (non-hydrogen) atoms. The molecule has 0 heterocycles. The van der Waals surface area contributed by atoms with Crippen LogP contribution in [0.4, 0.5) is 17.1 Å². The highest BCUT2D eigenvalue weighted by Gasteiger charge is 2.13. The number of azide groups is 1. The van der Waals surface area contributed by atoms with Crippen molar-refractivity contribution in [2.45, 2.75) is 12.5 Å². The summed E-state index contributed by atoms with van der Waals surface area (Å²) < 4.78 is 0. The molecule has 0 saturated heterocycles. The molecule has 9 heteroatoms. The van der Waals surface area contributed by atoms with Gasteiger partial charge in [-0.2, -0.15) is 5.11 Å². The monoisotopic (exact) mass is 326 g/mol. The van der Waals surface area contributed by atoms with Gasteiger partial charge in [0.1, 0.15) is 17.5 Å². The van der Waals surface area contributed by atoms with Gasteiger partial charge in [0.2, 0.25) is 0 Å². The summed E-state index contributed by atoms with van der Waals surface area (Å²) in [5.74, 6) is -1.19. The number of phenolic OH excluding ortho intramolecular Hbond substituents is 1. The first-order valence-corrected chi connectivity index (χ1v) is 6.87. The highest BCUT2D eigenvalue weighted by molar-refractivity contribution is 5.73. The number of azo groups is 1. The maximum atomic E-state index is 10.8. The molecule has 0 radical (unpaired) electrons. The minimum absolute atomic E-state index is 0.0860. The van der Waals surface area contributed by atoms with Crippen molar-refractivity contribution in [3.63, 3.8) is 0 Å². The van der Waals surface area contributed by atoms with Gasteiger partial charge < -0.3 is 15.9 Å². The predicted molar refractivity (Wildman–Crippen MR) is 86.8 cm³/mol. The normalized spacial score (nSPS) is 11.9.